The Morgan fingerprint density at radius 1 is 1.22 bits per heavy atom. The number of hydrogen-bond donors (Lipinski definition) is 0. The number of methoxy groups -OCH3 is 1. The highest BCUT2D eigenvalue weighted by atomic mass is 16.5. The van der Waals surface area contributed by atoms with Gasteiger partial charge in [-0.05, 0) is 44.4 Å². The summed E-state index contributed by atoms with van der Waals surface area (Å²) in [4.78, 5) is 24.5. The highest BCUT2D eigenvalue weighted by Crippen LogP contribution is 2.33. The number of anilines is 1. The zero-order valence-corrected chi connectivity index (χ0v) is 18.4. The van der Waals surface area contributed by atoms with Crippen molar-refractivity contribution in [2.24, 2.45) is 0 Å². The largest absolute Gasteiger partial charge is 0.465 e. The molecule has 5 heterocycles. The lowest BCUT2D eigenvalue weighted by Crippen LogP contribution is -2.44. The molecule has 2 aliphatic rings. The second-order valence-electron chi connectivity index (χ2n) is 8.17. The molecule has 5 rings (SSSR count). The maximum Gasteiger partial charge on any atom is 0.338 e. The number of aromatic nitrogens is 4. The SMILES string of the molecule is COC(=O)c1cc(N2CCOC[C@H]2C)nc2c(-c3ccnn3C3CCCCO3)nccc12. The molecule has 3 aromatic heterocycles. The molecule has 0 radical (unpaired) electrons. The van der Waals surface area contributed by atoms with Gasteiger partial charge in [-0.3, -0.25) is 4.98 Å². The zero-order chi connectivity index (χ0) is 22.1. The van der Waals surface area contributed by atoms with Crippen molar-refractivity contribution >= 4 is 22.7 Å². The van der Waals surface area contributed by atoms with Gasteiger partial charge in [0.05, 0.1) is 37.6 Å². The van der Waals surface area contributed by atoms with Gasteiger partial charge in [0.25, 0.3) is 0 Å². The zero-order valence-electron chi connectivity index (χ0n) is 18.4. The van der Waals surface area contributed by atoms with Gasteiger partial charge in [0.1, 0.15) is 17.0 Å². The van der Waals surface area contributed by atoms with E-state index in [1.165, 1.54) is 7.11 Å². The average Bonchev–Trinajstić information content (AvgIpc) is 3.33. The highest BCUT2D eigenvalue weighted by molar-refractivity contribution is 6.07. The van der Waals surface area contributed by atoms with Gasteiger partial charge >= 0.3 is 5.97 Å². The van der Waals surface area contributed by atoms with Crippen LogP contribution < -0.4 is 4.90 Å². The Labute approximate surface area is 186 Å². The molecule has 2 aliphatic heterocycles. The third kappa shape index (κ3) is 3.71. The Morgan fingerprint density at radius 3 is 2.91 bits per heavy atom. The first-order chi connectivity index (χ1) is 15.7. The van der Waals surface area contributed by atoms with Crippen molar-refractivity contribution in [1.29, 1.82) is 0 Å². The van der Waals surface area contributed by atoms with Crippen molar-refractivity contribution in [1.82, 2.24) is 19.7 Å². The topological polar surface area (TPSA) is 91.6 Å². The lowest BCUT2D eigenvalue weighted by atomic mass is 10.1. The lowest BCUT2D eigenvalue weighted by molar-refractivity contribution is -0.0383. The van der Waals surface area contributed by atoms with E-state index in [1.807, 2.05) is 16.8 Å². The molecule has 0 amide bonds. The standard InChI is InChI=1S/C23H27N5O4/c1-15-14-31-12-10-27(15)19-13-17(23(29)30-2)16-6-8-24-22(21(16)26-19)18-7-9-25-28(18)20-5-3-4-11-32-20/h6-9,13,15,20H,3-5,10-12,14H2,1-2H3/t15-,20?/m1/s1. The van der Waals surface area contributed by atoms with Gasteiger partial charge in [0, 0.05) is 30.9 Å². The minimum Gasteiger partial charge on any atom is -0.465 e. The van der Waals surface area contributed by atoms with Crippen molar-refractivity contribution < 1.29 is 19.0 Å². The summed E-state index contributed by atoms with van der Waals surface area (Å²) in [6.45, 7) is 4.73. The van der Waals surface area contributed by atoms with Crippen molar-refractivity contribution in [3.8, 4) is 11.4 Å². The Bertz CT molecular complexity index is 1120. The first-order valence-electron chi connectivity index (χ1n) is 11.1. The Kier molecular flexibility index (Phi) is 5.75. The van der Waals surface area contributed by atoms with E-state index in [-0.39, 0.29) is 12.3 Å². The van der Waals surface area contributed by atoms with Gasteiger partial charge in [-0.2, -0.15) is 5.10 Å². The molecule has 3 aromatic rings. The number of rotatable bonds is 4. The first kappa shape index (κ1) is 20.8. The molecule has 2 fully saturated rings. The number of nitrogens with zero attached hydrogens (tertiary/aromatic N) is 5. The van der Waals surface area contributed by atoms with Crippen LogP contribution in [0.4, 0.5) is 5.82 Å². The van der Waals surface area contributed by atoms with Crippen LogP contribution in [0.2, 0.25) is 0 Å². The predicted octanol–water partition coefficient (Wildman–Crippen LogP) is 3.20. The van der Waals surface area contributed by atoms with Crippen molar-refractivity contribution in [2.45, 2.75) is 38.5 Å². The summed E-state index contributed by atoms with van der Waals surface area (Å²) in [7, 11) is 1.39. The molecular formula is C23H27N5O4. The van der Waals surface area contributed by atoms with Crippen LogP contribution in [0.1, 0.15) is 42.8 Å². The molecule has 2 atom stereocenters. The summed E-state index contributed by atoms with van der Waals surface area (Å²) in [5, 5.41) is 5.22. The van der Waals surface area contributed by atoms with Gasteiger partial charge < -0.3 is 19.1 Å². The maximum absolute atomic E-state index is 12.7. The van der Waals surface area contributed by atoms with Gasteiger partial charge in [-0.1, -0.05) is 0 Å². The lowest BCUT2D eigenvalue weighted by Gasteiger charge is -2.34. The second-order valence-corrected chi connectivity index (χ2v) is 8.17. The monoisotopic (exact) mass is 437 g/mol. The summed E-state index contributed by atoms with van der Waals surface area (Å²) in [5.74, 6) is 0.309. The van der Waals surface area contributed by atoms with Crippen LogP contribution in [0.5, 0.6) is 0 Å². The molecule has 168 valence electrons. The fourth-order valence-electron chi connectivity index (χ4n) is 4.47. The molecule has 0 bridgehead atoms. The second kappa shape index (κ2) is 8.84. The van der Waals surface area contributed by atoms with E-state index >= 15 is 0 Å². The third-order valence-corrected chi connectivity index (χ3v) is 6.12. The van der Waals surface area contributed by atoms with Crippen LogP contribution in [0.15, 0.2) is 30.6 Å². The van der Waals surface area contributed by atoms with Crippen LogP contribution in [-0.2, 0) is 14.2 Å². The van der Waals surface area contributed by atoms with E-state index in [4.69, 9.17) is 19.2 Å². The van der Waals surface area contributed by atoms with Crippen molar-refractivity contribution in [3.05, 3.63) is 36.2 Å². The van der Waals surface area contributed by atoms with E-state index in [9.17, 15) is 4.79 Å². The predicted molar refractivity (Wildman–Crippen MR) is 119 cm³/mol. The van der Waals surface area contributed by atoms with Gasteiger partial charge in [0.2, 0.25) is 0 Å². The van der Waals surface area contributed by atoms with E-state index in [0.29, 0.717) is 47.7 Å². The molecule has 1 unspecified atom stereocenters. The van der Waals surface area contributed by atoms with Crippen molar-refractivity contribution in [3.63, 3.8) is 0 Å². The summed E-state index contributed by atoms with van der Waals surface area (Å²) in [5.41, 5.74) is 2.59. The van der Waals surface area contributed by atoms with E-state index in [0.717, 1.165) is 31.6 Å². The van der Waals surface area contributed by atoms with Crippen LogP contribution in [0.25, 0.3) is 22.3 Å². The fraction of sp³-hybridized carbons (Fsp3) is 0.478. The molecule has 9 heteroatoms. The minimum absolute atomic E-state index is 0.131. The normalized spacial score (nSPS) is 21.6. The highest BCUT2D eigenvalue weighted by Gasteiger charge is 2.26. The Hall–Kier alpha value is -3.04. The molecule has 32 heavy (non-hydrogen) atoms. The number of hydrogen-bond acceptors (Lipinski definition) is 8. The van der Waals surface area contributed by atoms with Crippen LogP contribution in [0.3, 0.4) is 0 Å². The van der Waals surface area contributed by atoms with Gasteiger partial charge in [0.15, 0.2) is 6.23 Å². The quantitative estimate of drug-likeness (QED) is 0.575. The Balaban J connectivity index is 1.69. The average molecular weight is 438 g/mol. The number of carbonyl (C=O) groups is 1. The molecule has 0 N–H and O–H groups in total. The smallest absolute Gasteiger partial charge is 0.338 e. The van der Waals surface area contributed by atoms with E-state index < -0.39 is 5.97 Å². The van der Waals surface area contributed by atoms with Crippen molar-refractivity contribution in [2.75, 3.05) is 38.4 Å². The number of fused-ring (bicyclic) bond motifs is 1. The fourth-order valence-corrected chi connectivity index (χ4v) is 4.47. The number of esters is 1. The van der Waals surface area contributed by atoms with Crippen LogP contribution in [0, 0.1) is 0 Å². The van der Waals surface area contributed by atoms with E-state index in [2.05, 4.69) is 21.9 Å². The molecule has 0 saturated carbocycles. The van der Waals surface area contributed by atoms with Crippen LogP contribution >= 0.6 is 0 Å². The Morgan fingerprint density at radius 2 is 2.12 bits per heavy atom. The summed E-state index contributed by atoms with van der Waals surface area (Å²) < 4.78 is 18.5. The van der Waals surface area contributed by atoms with Gasteiger partial charge in [-0.15, -0.1) is 0 Å². The van der Waals surface area contributed by atoms with Gasteiger partial charge in [-0.25, -0.2) is 14.5 Å². The number of ether oxygens (including phenoxy) is 3. The number of pyridine rings is 2. The number of carbonyl (C=O) groups excluding carboxylic acids is 1. The van der Waals surface area contributed by atoms with E-state index in [1.54, 1.807) is 18.5 Å². The third-order valence-electron chi connectivity index (χ3n) is 6.12. The first-order valence-corrected chi connectivity index (χ1v) is 11.1. The summed E-state index contributed by atoms with van der Waals surface area (Å²) in [6, 6.07) is 5.67. The molecule has 2 saturated heterocycles. The summed E-state index contributed by atoms with van der Waals surface area (Å²) in [6.07, 6.45) is 6.37. The minimum atomic E-state index is -0.402. The molecule has 0 aromatic carbocycles. The molecule has 0 aliphatic carbocycles. The molecular weight excluding hydrogens is 410 g/mol. The van der Waals surface area contributed by atoms with Crippen LogP contribution in [-0.4, -0.2) is 65.2 Å². The summed E-state index contributed by atoms with van der Waals surface area (Å²) >= 11 is 0. The molecule has 9 nitrogen and oxygen atoms in total. The maximum atomic E-state index is 12.7. The molecule has 0 spiro atoms. The number of morpholine rings is 1.